The van der Waals surface area contributed by atoms with Crippen LogP contribution in [0.4, 0.5) is 5.82 Å². The van der Waals surface area contributed by atoms with Crippen LogP contribution in [0.3, 0.4) is 0 Å². The topological polar surface area (TPSA) is 110 Å². The number of hydrogen-bond donors (Lipinski definition) is 2. The van der Waals surface area contributed by atoms with Gasteiger partial charge in [-0.05, 0) is 51.4 Å². The van der Waals surface area contributed by atoms with Gasteiger partial charge in [0.05, 0.1) is 11.7 Å². The molecule has 1 aliphatic heterocycles. The SMILES string of the molecule is CCOC1CCC(Nc2nc(CC3CCN(C(=O)CC)CC3)ncc2C(N)=O)CC1. The molecule has 1 aliphatic carbocycles. The number of likely N-dealkylation sites (tertiary alicyclic amines) is 1. The number of nitrogens with zero attached hydrogens (tertiary/aromatic N) is 3. The lowest BCUT2D eigenvalue weighted by Crippen LogP contribution is -2.38. The number of nitrogens with two attached hydrogens (primary N) is 1. The first-order valence-electron chi connectivity index (χ1n) is 11.3. The van der Waals surface area contributed by atoms with Crippen LogP contribution in [0.5, 0.6) is 0 Å². The van der Waals surface area contributed by atoms with Crippen molar-refractivity contribution in [3.8, 4) is 0 Å². The minimum absolute atomic E-state index is 0.223. The maximum atomic E-state index is 11.9. The molecule has 1 aromatic rings. The van der Waals surface area contributed by atoms with Gasteiger partial charge in [-0.3, -0.25) is 9.59 Å². The van der Waals surface area contributed by atoms with E-state index in [2.05, 4.69) is 15.3 Å². The van der Waals surface area contributed by atoms with Gasteiger partial charge in [-0.15, -0.1) is 0 Å². The van der Waals surface area contributed by atoms with E-state index >= 15 is 0 Å². The Morgan fingerprint density at radius 2 is 1.87 bits per heavy atom. The van der Waals surface area contributed by atoms with Crippen LogP contribution in [0.15, 0.2) is 6.20 Å². The molecule has 0 spiro atoms. The van der Waals surface area contributed by atoms with E-state index in [1.807, 2.05) is 18.7 Å². The Labute approximate surface area is 179 Å². The van der Waals surface area contributed by atoms with Crippen LogP contribution in [0.1, 0.15) is 75.0 Å². The van der Waals surface area contributed by atoms with Gasteiger partial charge in [-0.1, -0.05) is 6.92 Å². The highest BCUT2D eigenvalue weighted by Crippen LogP contribution is 2.26. The number of hydrogen-bond acceptors (Lipinski definition) is 6. The summed E-state index contributed by atoms with van der Waals surface area (Å²) in [4.78, 5) is 34.8. The molecule has 3 N–H and O–H groups in total. The van der Waals surface area contributed by atoms with Crippen molar-refractivity contribution in [1.29, 1.82) is 0 Å². The molecular weight excluding hydrogens is 382 g/mol. The largest absolute Gasteiger partial charge is 0.379 e. The molecule has 166 valence electrons. The molecule has 0 aromatic carbocycles. The predicted octanol–water partition coefficient (Wildman–Crippen LogP) is 2.53. The van der Waals surface area contributed by atoms with Gasteiger partial charge >= 0.3 is 0 Å². The number of amides is 2. The van der Waals surface area contributed by atoms with Crippen LogP contribution in [-0.4, -0.2) is 58.5 Å². The Morgan fingerprint density at radius 1 is 1.17 bits per heavy atom. The zero-order valence-electron chi connectivity index (χ0n) is 18.2. The summed E-state index contributed by atoms with van der Waals surface area (Å²) in [6, 6.07) is 0.255. The van der Waals surface area contributed by atoms with Gasteiger partial charge in [0, 0.05) is 44.8 Å². The summed E-state index contributed by atoms with van der Waals surface area (Å²) in [5, 5.41) is 3.44. The molecule has 1 aromatic heterocycles. The highest BCUT2D eigenvalue weighted by atomic mass is 16.5. The lowest BCUT2D eigenvalue weighted by Gasteiger charge is -2.32. The van der Waals surface area contributed by atoms with E-state index in [1.54, 1.807) is 6.20 Å². The van der Waals surface area contributed by atoms with Crippen molar-refractivity contribution in [2.45, 2.75) is 77.4 Å². The van der Waals surface area contributed by atoms with E-state index in [9.17, 15) is 9.59 Å². The quantitative estimate of drug-likeness (QED) is 0.672. The van der Waals surface area contributed by atoms with E-state index in [0.717, 1.165) is 70.5 Å². The number of rotatable bonds is 8. The van der Waals surface area contributed by atoms with E-state index < -0.39 is 5.91 Å². The fourth-order valence-electron chi connectivity index (χ4n) is 4.48. The molecule has 0 radical (unpaired) electrons. The molecule has 1 saturated carbocycles. The number of anilines is 1. The van der Waals surface area contributed by atoms with E-state index in [4.69, 9.17) is 10.5 Å². The Kier molecular flexibility index (Phi) is 8.01. The Morgan fingerprint density at radius 3 is 2.47 bits per heavy atom. The van der Waals surface area contributed by atoms with Crippen molar-refractivity contribution in [1.82, 2.24) is 14.9 Å². The van der Waals surface area contributed by atoms with Crippen molar-refractivity contribution in [3.05, 3.63) is 17.6 Å². The predicted molar refractivity (Wildman–Crippen MR) is 115 cm³/mol. The zero-order valence-corrected chi connectivity index (χ0v) is 18.2. The number of carbonyl (C=O) groups is 2. The van der Waals surface area contributed by atoms with E-state index in [0.29, 0.717) is 29.8 Å². The third-order valence-corrected chi connectivity index (χ3v) is 6.26. The highest BCUT2D eigenvalue weighted by Gasteiger charge is 2.25. The molecule has 2 heterocycles. The van der Waals surface area contributed by atoms with Crippen molar-refractivity contribution < 1.29 is 14.3 Å². The number of piperidine rings is 1. The number of ether oxygens (including phenoxy) is 1. The molecular formula is C22H35N5O3. The van der Waals surface area contributed by atoms with Crippen molar-refractivity contribution in [2.75, 3.05) is 25.0 Å². The van der Waals surface area contributed by atoms with Crippen LogP contribution in [-0.2, 0) is 16.0 Å². The summed E-state index contributed by atoms with van der Waals surface area (Å²) >= 11 is 0. The summed E-state index contributed by atoms with van der Waals surface area (Å²) in [7, 11) is 0. The zero-order chi connectivity index (χ0) is 21.5. The third-order valence-electron chi connectivity index (χ3n) is 6.26. The summed E-state index contributed by atoms with van der Waals surface area (Å²) in [6.45, 7) is 6.27. The minimum atomic E-state index is -0.515. The lowest BCUT2D eigenvalue weighted by molar-refractivity contribution is -0.132. The molecule has 2 amide bonds. The van der Waals surface area contributed by atoms with Gasteiger partial charge in [0.15, 0.2) is 0 Å². The van der Waals surface area contributed by atoms with Gasteiger partial charge in [-0.2, -0.15) is 0 Å². The van der Waals surface area contributed by atoms with Crippen LogP contribution in [0.2, 0.25) is 0 Å². The van der Waals surface area contributed by atoms with Gasteiger partial charge in [-0.25, -0.2) is 9.97 Å². The Hall–Kier alpha value is -2.22. The van der Waals surface area contributed by atoms with Crippen LogP contribution >= 0.6 is 0 Å². The summed E-state index contributed by atoms with van der Waals surface area (Å²) in [5.41, 5.74) is 5.90. The Bertz CT molecular complexity index is 725. The minimum Gasteiger partial charge on any atom is -0.379 e. The second-order valence-electron chi connectivity index (χ2n) is 8.37. The number of aromatic nitrogens is 2. The van der Waals surface area contributed by atoms with E-state index in [1.165, 1.54) is 0 Å². The average molecular weight is 418 g/mol. The smallest absolute Gasteiger partial charge is 0.254 e. The maximum absolute atomic E-state index is 11.9. The first-order valence-corrected chi connectivity index (χ1v) is 11.3. The fraction of sp³-hybridized carbons (Fsp3) is 0.727. The van der Waals surface area contributed by atoms with Gasteiger partial charge in [0.1, 0.15) is 11.6 Å². The molecule has 2 fully saturated rings. The van der Waals surface area contributed by atoms with Crippen LogP contribution in [0, 0.1) is 5.92 Å². The summed E-state index contributed by atoms with van der Waals surface area (Å²) in [6.07, 6.45) is 9.06. The first kappa shape index (κ1) is 22.5. The molecule has 1 saturated heterocycles. The molecule has 30 heavy (non-hydrogen) atoms. The van der Waals surface area contributed by atoms with Crippen LogP contribution < -0.4 is 11.1 Å². The van der Waals surface area contributed by atoms with Gasteiger partial charge in [0.25, 0.3) is 5.91 Å². The number of primary amides is 1. The summed E-state index contributed by atoms with van der Waals surface area (Å²) in [5.74, 6) is 1.43. The lowest BCUT2D eigenvalue weighted by atomic mass is 9.92. The maximum Gasteiger partial charge on any atom is 0.254 e. The molecule has 8 heteroatoms. The van der Waals surface area contributed by atoms with Crippen LogP contribution in [0.25, 0.3) is 0 Å². The number of carbonyl (C=O) groups excluding carboxylic acids is 2. The standard InChI is InChI=1S/C22H35N5O3/c1-3-20(28)27-11-9-15(10-12-27)13-19-24-14-18(21(23)29)22(26-19)25-16-5-7-17(8-6-16)30-4-2/h14-17H,3-13H2,1-2H3,(H2,23,29)(H,24,25,26). The number of nitrogens with one attached hydrogen (secondary N) is 1. The van der Waals surface area contributed by atoms with Crippen molar-refractivity contribution in [3.63, 3.8) is 0 Å². The summed E-state index contributed by atoms with van der Waals surface area (Å²) < 4.78 is 5.72. The van der Waals surface area contributed by atoms with Gasteiger partial charge in [0.2, 0.25) is 5.91 Å². The second kappa shape index (κ2) is 10.7. The molecule has 0 bridgehead atoms. The van der Waals surface area contributed by atoms with Crippen molar-refractivity contribution in [2.24, 2.45) is 11.7 Å². The van der Waals surface area contributed by atoms with Crippen molar-refractivity contribution >= 4 is 17.6 Å². The van der Waals surface area contributed by atoms with E-state index in [-0.39, 0.29) is 11.9 Å². The Balaban J connectivity index is 1.61. The monoisotopic (exact) mass is 417 g/mol. The normalized spacial score (nSPS) is 22.7. The highest BCUT2D eigenvalue weighted by molar-refractivity contribution is 5.97. The molecule has 0 atom stereocenters. The first-order chi connectivity index (χ1) is 14.5. The second-order valence-corrected chi connectivity index (χ2v) is 8.37. The third kappa shape index (κ3) is 5.90. The molecule has 2 aliphatic rings. The average Bonchev–Trinajstić information content (AvgIpc) is 2.75. The van der Waals surface area contributed by atoms with Gasteiger partial charge < -0.3 is 20.7 Å². The molecule has 3 rings (SSSR count). The molecule has 0 unspecified atom stereocenters. The molecule has 8 nitrogen and oxygen atoms in total. The fourth-order valence-corrected chi connectivity index (χ4v) is 4.48.